The number of fused-ring (bicyclic) bond motifs is 1. The molecule has 0 bridgehead atoms. The van der Waals surface area contributed by atoms with Crippen molar-refractivity contribution < 1.29 is 13.9 Å². The molecule has 0 radical (unpaired) electrons. The standard InChI is InChI=1S/C17H17F2NO/c18-14-7-3-5-12(17(14)19)11-20-10-4-9-16(21)13-6-1-2-8-15(13)20/h1-3,5-8,16,21H,4,9-11H2. The normalized spacial score (nSPS) is 18.2. The molecule has 21 heavy (non-hydrogen) atoms. The minimum atomic E-state index is -0.823. The van der Waals surface area contributed by atoms with Gasteiger partial charge in [0.15, 0.2) is 11.6 Å². The van der Waals surface area contributed by atoms with Crippen LogP contribution in [0.25, 0.3) is 0 Å². The van der Waals surface area contributed by atoms with E-state index in [4.69, 9.17) is 0 Å². The maximum atomic E-state index is 13.9. The zero-order valence-electron chi connectivity index (χ0n) is 11.6. The highest BCUT2D eigenvalue weighted by molar-refractivity contribution is 5.55. The molecule has 1 atom stereocenters. The van der Waals surface area contributed by atoms with E-state index in [0.29, 0.717) is 25.1 Å². The fourth-order valence-electron chi connectivity index (χ4n) is 2.85. The van der Waals surface area contributed by atoms with Crippen LogP contribution in [0.15, 0.2) is 42.5 Å². The SMILES string of the molecule is OC1CCCN(Cc2cccc(F)c2F)c2ccccc21. The highest BCUT2D eigenvalue weighted by Crippen LogP contribution is 2.33. The van der Waals surface area contributed by atoms with Gasteiger partial charge in [-0.1, -0.05) is 30.3 Å². The topological polar surface area (TPSA) is 23.5 Å². The van der Waals surface area contributed by atoms with Gasteiger partial charge in [0.1, 0.15) is 0 Å². The minimum Gasteiger partial charge on any atom is -0.388 e. The molecule has 2 aromatic rings. The van der Waals surface area contributed by atoms with E-state index < -0.39 is 17.7 Å². The number of rotatable bonds is 2. The maximum Gasteiger partial charge on any atom is 0.163 e. The summed E-state index contributed by atoms with van der Waals surface area (Å²) in [5.41, 5.74) is 2.08. The number of anilines is 1. The zero-order valence-corrected chi connectivity index (χ0v) is 11.6. The van der Waals surface area contributed by atoms with E-state index in [1.54, 1.807) is 6.07 Å². The van der Waals surface area contributed by atoms with Gasteiger partial charge in [-0.2, -0.15) is 0 Å². The van der Waals surface area contributed by atoms with Crippen molar-refractivity contribution in [3.63, 3.8) is 0 Å². The fraction of sp³-hybridized carbons (Fsp3) is 0.294. The molecule has 0 aromatic heterocycles. The molecule has 0 fully saturated rings. The van der Waals surface area contributed by atoms with Gasteiger partial charge in [-0.3, -0.25) is 0 Å². The monoisotopic (exact) mass is 289 g/mol. The maximum absolute atomic E-state index is 13.9. The average Bonchev–Trinajstić information content (AvgIpc) is 2.65. The first kappa shape index (κ1) is 14.0. The Labute approximate surface area is 122 Å². The van der Waals surface area contributed by atoms with Crippen LogP contribution >= 0.6 is 0 Å². The number of para-hydroxylation sites is 1. The number of benzene rings is 2. The summed E-state index contributed by atoms with van der Waals surface area (Å²) in [6.07, 6.45) is 0.995. The molecule has 1 unspecified atom stereocenters. The number of hydrogen-bond donors (Lipinski definition) is 1. The van der Waals surface area contributed by atoms with Crippen molar-refractivity contribution in [2.24, 2.45) is 0 Å². The highest BCUT2D eigenvalue weighted by Gasteiger charge is 2.22. The van der Waals surface area contributed by atoms with Crippen LogP contribution in [0, 0.1) is 11.6 Å². The summed E-state index contributed by atoms with van der Waals surface area (Å²) in [7, 11) is 0. The van der Waals surface area contributed by atoms with Crippen LogP contribution < -0.4 is 4.90 Å². The summed E-state index contributed by atoms with van der Waals surface area (Å²) >= 11 is 0. The summed E-state index contributed by atoms with van der Waals surface area (Å²) in [6.45, 7) is 1.01. The Morgan fingerprint density at radius 3 is 2.76 bits per heavy atom. The molecule has 2 aromatic carbocycles. The highest BCUT2D eigenvalue weighted by atomic mass is 19.2. The summed E-state index contributed by atoms with van der Waals surface area (Å²) in [5, 5.41) is 10.2. The van der Waals surface area contributed by atoms with E-state index in [-0.39, 0.29) is 0 Å². The van der Waals surface area contributed by atoms with Crippen molar-refractivity contribution in [1.29, 1.82) is 0 Å². The Morgan fingerprint density at radius 2 is 1.90 bits per heavy atom. The van der Waals surface area contributed by atoms with Gasteiger partial charge < -0.3 is 10.0 Å². The third-order valence-corrected chi connectivity index (χ3v) is 3.93. The molecule has 4 heteroatoms. The molecular weight excluding hydrogens is 272 g/mol. The van der Waals surface area contributed by atoms with Crippen molar-refractivity contribution in [3.05, 3.63) is 65.2 Å². The molecule has 0 amide bonds. The number of halogens is 2. The molecule has 0 saturated carbocycles. The molecule has 1 aliphatic heterocycles. The lowest BCUT2D eigenvalue weighted by Crippen LogP contribution is -2.24. The van der Waals surface area contributed by atoms with Crippen LogP contribution in [-0.2, 0) is 6.54 Å². The van der Waals surface area contributed by atoms with Crippen LogP contribution in [0.5, 0.6) is 0 Å². The summed E-state index contributed by atoms with van der Waals surface area (Å²) in [4.78, 5) is 2.00. The molecule has 0 spiro atoms. The molecule has 110 valence electrons. The number of aliphatic hydroxyl groups is 1. The van der Waals surface area contributed by atoms with Gasteiger partial charge in [0, 0.05) is 29.9 Å². The Balaban J connectivity index is 1.95. The number of hydrogen-bond acceptors (Lipinski definition) is 2. The Hall–Kier alpha value is -1.94. The Morgan fingerprint density at radius 1 is 1.10 bits per heavy atom. The van der Waals surface area contributed by atoms with E-state index in [1.807, 2.05) is 29.2 Å². The van der Waals surface area contributed by atoms with E-state index in [1.165, 1.54) is 6.07 Å². The summed E-state index contributed by atoms with van der Waals surface area (Å²) < 4.78 is 27.2. The quantitative estimate of drug-likeness (QED) is 0.909. The van der Waals surface area contributed by atoms with Crippen LogP contribution in [0.3, 0.4) is 0 Å². The third kappa shape index (κ3) is 2.76. The molecular formula is C17H17F2NO. The van der Waals surface area contributed by atoms with Crippen LogP contribution in [-0.4, -0.2) is 11.7 Å². The van der Waals surface area contributed by atoms with Crippen molar-refractivity contribution in [2.75, 3.05) is 11.4 Å². The second-order valence-corrected chi connectivity index (χ2v) is 5.35. The van der Waals surface area contributed by atoms with Gasteiger partial charge in [0.2, 0.25) is 0 Å². The predicted molar refractivity (Wildman–Crippen MR) is 78.0 cm³/mol. The fourth-order valence-corrected chi connectivity index (χ4v) is 2.85. The van der Waals surface area contributed by atoms with Gasteiger partial charge in [-0.05, 0) is 25.0 Å². The van der Waals surface area contributed by atoms with Crippen LogP contribution in [0.1, 0.15) is 30.1 Å². The number of aliphatic hydroxyl groups excluding tert-OH is 1. The Bertz CT molecular complexity index is 644. The second kappa shape index (κ2) is 5.82. The molecule has 1 N–H and O–H groups in total. The van der Waals surface area contributed by atoms with Crippen molar-refractivity contribution in [3.8, 4) is 0 Å². The lowest BCUT2D eigenvalue weighted by Gasteiger charge is -2.25. The lowest BCUT2D eigenvalue weighted by molar-refractivity contribution is 0.168. The first-order valence-electron chi connectivity index (χ1n) is 7.11. The molecule has 3 rings (SSSR count). The first-order valence-corrected chi connectivity index (χ1v) is 7.11. The minimum absolute atomic E-state index is 0.299. The molecule has 0 saturated heterocycles. The Kier molecular flexibility index (Phi) is 3.88. The van der Waals surface area contributed by atoms with Gasteiger partial charge >= 0.3 is 0 Å². The smallest absolute Gasteiger partial charge is 0.163 e. The largest absolute Gasteiger partial charge is 0.388 e. The lowest BCUT2D eigenvalue weighted by atomic mass is 10.0. The molecule has 2 nitrogen and oxygen atoms in total. The van der Waals surface area contributed by atoms with Crippen molar-refractivity contribution in [1.82, 2.24) is 0 Å². The molecule has 1 aliphatic rings. The van der Waals surface area contributed by atoms with E-state index in [0.717, 1.165) is 23.7 Å². The van der Waals surface area contributed by atoms with Gasteiger partial charge in [-0.25, -0.2) is 8.78 Å². The van der Waals surface area contributed by atoms with Crippen LogP contribution in [0.4, 0.5) is 14.5 Å². The second-order valence-electron chi connectivity index (χ2n) is 5.35. The zero-order chi connectivity index (χ0) is 14.8. The summed E-state index contributed by atoms with van der Waals surface area (Å²) in [5.74, 6) is -1.62. The van der Waals surface area contributed by atoms with E-state index in [2.05, 4.69) is 0 Å². The predicted octanol–water partition coefficient (Wildman–Crippen LogP) is 3.80. The summed E-state index contributed by atoms with van der Waals surface area (Å²) in [6, 6.07) is 11.8. The van der Waals surface area contributed by atoms with Crippen LogP contribution in [0.2, 0.25) is 0 Å². The van der Waals surface area contributed by atoms with Gasteiger partial charge in [0.25, 0.3) is 0 Å². The third-order valence-electron chi connectivity index (χ3n) is 3.93. The van der Waals surface area contributed by atoms with Gasteiger partial charge in [0.05, 0.1) is 6.10 Å². The van der Waals surface area contributed by atoms with Crippen molar-refractivity contribution >= 4 is 5.69 Å². The van der Waals surface area contributed by atoms with E-state index >= 15 is 0 Å². The average molecular weight is 289 g/mol. The first-order chi connectivity index (χ1) is 10.2. The van der Waals surface area contributed by atoms with Gasteiger partial charge in [-0.15, -0.1) is 0 Å². The molecule has 1 heterocycles. The number of nitrogens with zero attached hydrogens (tertiary/aromatic N) is 1. The van der Waals surface area contributed by atoms with E-state index in [9.17, 15) is 13.9 Å². The molecule has 0 aliphatic carbocycles. The van der Waals surface area contributed by atoms with Crippen molar-refractivity contribution in [2.45, 2.75) is 25.5 Å².